The number of amides is 2. The Kier molecular flexibility index (Phi) is 5.38. The van der Waals surface area contributed by atoms with Crippen molar-refractivity contribution in [2.75, 3.05) is 24.6 Å². The minimum Gasteiger partial charge on any atom is -0.500 e. The average Bonchev–Trinajstić information content (AvgIpc) is 2.86. The highest BCUT2D eigenvalue weighted by Gasteiger charge is 2.34. The zero-order chi connectivity index (χ0) is 15.2. The van der Waals surface area contributed by atoms with Gasteiger partial charge in [-0.1, -0.05) is 22.5 Å². The molecule has 1 aliphatic heterocycles. The zero-order valence-corrected chi connectivity index (χ0v) is 13.1. The number of hydrogen-bond acceptors (Lipinski definition) is 3. The Bertz CT molecular complexity index is 530. The first-order chi connectivity index (χ1) is 10.1. The first kappa shape index (κ1) is 15.6. The van der Waals surface area contributed by atoms with Crippen molar-refractivity contribution in [2.45, 2.75) is 6.42 Å². The SMILES string of the molecule is C=COCCNC(=O)C1CC(=O)N(c2ccc(Br)cc2)C1. The summed E-state index contributed by atoms with van der Waals surface area (Å²) in [4.78, 5) is 25.7. The molecule has 1 aromatic rings. The number of anilines is 1. The van der Waals surface area contributed by atoms with Gasteiger partial charge in [0.2, 0.25) is 11.8 Å². The normalized spacial score (nSPS) is 17.7. The topological polar surface area (TPSA) is 58.6 Å². The molecule has 1 unspecified atom stereocenters. The fraction of sp³-hybridized carbons (Fsp3) is 0.333. The zero-order valence-electron chi connectivity index (χ0n) is 11.5. The van der Waals surface area contributed by atoms with E-state index in [1.54, 1.807) is 4.90 Å². The second-order valence-electron chi connectivity index (χ2n) is 4.71. The van der Waals surface area contributed by atoms with E-state index in [0.29, 0.717) is 19.7 Å². The lowest BCUT2D eigenvalue weighted by Gasteiger charge is -2.16. The molecular formula is C15H17BrN2O3. The molecule has 2 amide bonds. The second kappa shape index (κ2) is 7.26. The quantitative estimate of drug-likeness (QED) is 0.629. The van der Waals surface area contributed by atoms with Gasteiger partial charge in [0.05, 0.1) is 18.7 Å². The maximum absolute atomic E-state index is 12.0. The van der Waals surface area contributed by atoms with Gasteiger partial charge in [-0.05, 0) is 24.3 Å². The van der Waals surface area contributed by atoms with E-state index in [0.717, 1.165) is 10.2 Å². The van der Waals surface area contributed by atoms with Gasteiger partial charge in [-0.3, -0.25) is 9.59 Å². The van der Waals surface area contributed by atoms with E-state index in [-0.39, 0.29) is 24.2 Å². The molecule has 0 bridgehead atoms. The molecule has 1 heterocycles. The lowest BCUT2D eigenvalue weighted by molar-refractivity contribution is -0.126. The average molecular weight is 353 g/mol. The van der Waals surface area contributed by atoms with Crippen LogP contribution in [-0.2, 0) is 14.3 Å². The van der Waals surface area contributed by atoms with Crippen LogP contribution in [0.25, 0.3) is 0 Å². The van der Waals surface area contributed by atoms with Gasteiger partial charge in [0, 0.05) is 23.1 Å². The summed E-state index contributed by atoms with van der Waals surface area (Å²) in [7, 11) is 0. The number of halogens is 1. The summed E-state index contributed by atoms with van der Waals surface area (Å²) in [6.07, 6.45) is 1.57. The molecule has 1 N–H and O–H groups in total. The fourth-order valence-electron chi connectivity index (χ4n) is 2.21. The summed E-state index contributed by atoms with van der Waals surface area (Å²) in [5.74, 6) is -0.458. The Morgan fingerprint density at radius 2 is 2.19 bits per heavy atom. The molecule has 0 saturated carbocycles. The van der Waals surface area contributed by atoms with Crippen LogP contribution in [0.4, 0.5) is 5.69 Å². The van der Waals surface area contributed by atoms with Crippen molar-refractivity contribution in [3.8, 4) is 0 Å². The van der Waals surface area contributed by atoms with Crippen LogP contribution >= 0.6 is 15.9 Å². The van der Waals surface area contributed by atoms with Crippen LogP contribution in [0.1, 0.15) is 6.42 Å². The van der Waals surface area contributed by atoms with E-state index in [4.69, 9.17) is 4.74 Å². The molecule has 0 radical (unpaired) electrons. The smallest absolute Gasteiger partial charge is 0.227 e. The third-order valence-electron chi connectivity index (χ3n) is 3.27. The summed E-state index contributed by atoms with van der Waals surface area (Å²) in [6.45, 7) is 4.63. The predicted octanol–water partition coefficient (Wildman–Crippen LogP) is 2.08. The van der Waals surface area contributed by atoms with Crippen LogP contribution in [0, 0.1) is 5.92 Å². The van der Waals surface area contributed by atoms with Crippen LogP contribution in [-0.4, -0.2) is 31.5 Å². The summed E-state index contributed by atoms with van der Waals surface area (Å²) in [5, 5.41) is 2.76. The fourth-order valence-corrected chi connectivity index (χ4v) is 2.48. The van der Waals surface area contributed by atoms with Crippen LogP contribution in [0.3, 0.4) is 0 Å². The number of rotatable bonds is 6. The number of nitrogens with zero attached hydrogens (tertiary/aromatic N) is 1. The van der Waals surface area contributed by atoms with Gasteiger partial charge < -0.3 is 15.0 Å². The van der Waals surface area contributed by atoms with Gasteiger partial charge in [-0.2, -0.15) is 0 Å². The van der Waals surface area contributed by atoms with Gasteiger partial charge in [-0.15, -0.1) is 0 Å². The number of hydrogen-bond donors (Lipinski definition) is 1. The maximum atomic E-state index is 12.0. The van der Waals surface area contributed by atoms with Crippen molar-refractivity contribution < 1.29 is 14.3 Å². The van der Waals surface area contributed by atoms with Crippen LogP contribution in [0.15, 0.2) is 41.6 Å². The van der Waals surface area contributed by atoms with Crippen molar-refractivity contribution in [1.82, 2.24) is 5.32 Å². The van der Waals surface area contributed by atoms with E-state index in [1.165, 1.54) is 6.26 Å². The molecule has 0 aromatic heterocycles. The molecule has 112 valence electrons. The van der Waals surface area contributed by atoms with Gasteiger partial charge in [0.15, 0.2) is 0 Å². The minimum atomic E-state index is -0.315. The molecule has 1 atom stereocenters. The predicted molar refractivity (Wildman–Crippen MR) is 83.8 cm³/mol. The van der Waals surface area contributed by atoms with Crippen LogP contribution in [0.5, 0.6) is 0 Å². The molecule has 0 aliphatic carbocycles. The summed E-state index contributed by atoms with van der Waals surface area (Å²) in [5.41, 5.74) is 0.813. The Balaban J connectivity index is 1.91. The largest absolute Gasteiger partial charge is 0.500 e. The number of benzene rings is 1. The molecule has 1 aliphatic rings. The van der Waals surface area contributed by atoms with Crippen LogP contribution < -0.4 is 10.2 Å². The van der Waals surface area contributed by atoms with E-state index in [9.17, 15) is 9.59 Å². The maximum Gasteiger partial charge on any atom is 0.227 e. The summed E-state index contributed by atoms with van der Waals surface area (Å²) >= 11 is 3.36. The molecule has 2 rings (SSSR count). The molecule has 21 heavy (non-hydrogen) atoms. The number of nitrogens with one attached hydrogen (secondary N) is 1. The van der Waals surface area contributed by atoms with Gasteiger partial charge in [0.1, 0.15) is 6.61 Å². The van der Waals surface area contributed by atoms with Gasteiger partial charge in [-0.25, -0.2) is 0 Å². The Morgan fingerprint density at radius 3 is 2.86 bits per heavy atom. The molecule has 1 saturated heterocycles. The molecule has 1 fully saturated rings. The highest BCUT2D eigenvalue weighted by Crippen LogP contribution is 2.26. The first-order valence-corrected chi connectivity index (χ1v) is 7.47. The summed E-state index contributed by atoms with van der Waals surface area (Å²) < 4.78 is 5.89. The number of carbonyl (C=O) groups excluding carboxylic acids is 2. The van der Waals surface area contributed by atoms with E-state index < -0.39 is 0 Å². The van der Waals surface area contributed by atoms with Crippen molar-refractivity contribution in [1.29, 1.82) is 0 Å². The third-order valence-corrected chi connectivity index (χ3v) is 3.80. The Hall–Kier alpha value is -1.82. The van der Waals surface area contributed by atoms with Crippen molar-refractivity contribution in [3.63, 3.8) is 0 Å². The minimum absolute atomic E-state index is 0.0280. The van der Waals surface area contributed by atoms with Crippen molar-refractivity contribution >= 4 is 33.4 Å². The number of ether oxygens (including phenoxy) is 1. The lowest BCUT2D eigenvalue weighted by Crippen LogP contribution is -2.34. The highest BCUT2D eigenvalue weighted by molar-refractivity contribution is 9.10. The Morgan fingerprint density at radius 1 is 1.48 bits per heavy atom. The van der Waals surface area contributed by atoms with Gasteiger partial charge >= 0.3 is 0 Å². The lowest BCUT2D eigenvalue weighted by atomic mass is 10.1. The monoisotopic (exact) mass is 352 g/mol. The number of carbonyl (C=O) groups is 2. The molecule has 5 nitrogen and oxygen atoms in total. The third kappa shape index (κ3) is 4.07. The second-order valence-corrected chi connectivity index (χ2v) is 5.63. The van der Waals surface area contributed by atoms with Gasteiger partial charge in [0.25, 0.3) is 0 Å². The van der Waals surface area contributed by atoms with Crippen molar-refractivity contribution in [2.24, 2.45) is 5.92 Å². The standard InChI is InChI=1S/C15H17BrN2O3/c1-2-21-8-7-17-15(20)11-9-14(19)18(10-11)13-5-3-12(16)4-6-13/h2-6,11H,1,7-10H2,(H,17,20). The van der Waals surface area contributed by atoms with E-state index in [1.807, 2.05) is 24.3 Å². The molecule has 1 aromatic carbocycles. The molecule has 6 heteroatoms. The Labute approximate surface area is 132 Å². The van der Waals surface area contributed by atoms with Crippen LogP contribution in [0.2, 0.25) is 0 Å². The first-order valence-electron chi connectivity index (χ1n) is 6.68. The van der Waals surface area contributed by atoms with E-state index >= 15 is 0 Å². The van der Waals surface area contributed by atoms with Crippen molar-refractivity contribution in [3.05, 3.63) is 41.6 Å². The highest BCUT2D eigenvalue weighted by atomic mass is 79.9. The summed E-state index contributed by atoms with van der Waals surface area (Å²) in [6, 6.07) is 7.48. The molecular weight excluding hydrogens is 336 g/mol. The van der Waals surface area contributed by atoms with E-state index in [2.05, 4.69) is 27.8 Å². The molecule has 0 spiro atoms.